The Balaban J connectivity index is 2.13. The topological polar surface area (TPSA) is 0 Å². The quantitative estimate of drug-likeness (QED) is 0.494. The largest absolute Gasteiger partial charge is 0.0806 e. The first kappa shape index (κ1) is 7.15. The molecule has 1 fully saturated rings. The molecule has 0 aromatic rings. The summed E-state index contributed by atoms with van der Waals surface area (Å²) >= 11 is 0. The molecule has 0 aromatic carbocycles. The first-order valence-electron chi connectivity index (χ1n) is 4.73. The van der Waals surface area contributed by atoms with Crippen molar-refractivity contribution in [2.75, 3.05) is 0 Å². The molecule has 0 N–H and O–H groups in total. The van der Waals surface area contributed by atoms with Crippen LogP contribution in [0, 0.1) is 11.8 Å². The highest BCUT2D eigenvalue weighted by atomic mass is 14.3. The van der Waals surface area contributed by atoms with Gasteiger partial charge in [0.1, 0.15) is 0 Å². The van der Waals surface area contributed by atoms with Gasteiger partial charge in [-0.1, -0.05) is 36.6 Å². The van der Waals surface area contributed by atoms with Crippen LogP contribution < -0.4 is 0 Å². The van der Waals surface area contributed by atoms with Crippen LogP contribution in [0.3, 0.4) is 0 Å². The minimum atomic E-state index is 0.882. The molecular weight excluding hydrogens is 132 g/mol. The normalized spacial score (nSPS) is 36.3. The molecule has 2 unspecified atom stereocenters. The van der Waals surface area contributed by atoms with Gasteiger partial charge < -0.3 is 0 Å². The lowest BCUT2D eigenvalue weighted by Gasteiger charge is -2.29. The fourth-order valence-corrected chi connectivity index (χ4v) is 2.30. The maximum absolute atomic E-state index is 2.46. The van der Waals surface area contributed by atoms with Crippen LogP contribution in [0.25, 0.3) is 0 Å². The van der Waals surface area contributed by atoms with Gasteiger partial charge in [0.25, 0.3) is 0 Å². The third-order valence-corrected chi connectivity index (χ3v) is 2.96. The van der Waals surface area contributed by atoms with Crippen LogP contribution in [-0.4, -0.2) is 0 Å². The lowest BCUT2D eigenvalue weighted by atomic mass is 9.76. The minimum absolute atomic E-state index is 0.882. The molecule has 0 aliphatic heterocycles. The van der Waals surface area contributed by atoms with Crippen LogP contribution in [0.4, 0.5) is 0 Å². The van der Waals surface area contributed by atoms with Crippen molar-refractivity contribution in [3.05, 3.63) is 23.8 Å². The van der Waals surface area contributed by atoms with E-state index in [2.05, 4.69) is 25.2 Å². The van der Waals surface area contributed by atoms with E-state index in [4.69, 9.17) is 0 Å². The molecule has 0 heteroatoms. The van der Waals surface area contributed by atoms with Gasteiger partial charge in [0.15, 0.2) is 0 Å². The van der Waals surface area contributed by atoms with E-state index >= 15 is 0 Å². The van der Waals surface area contributed by atoms with Crippen molar-refractivity contribution in [1.29, 1.82) is 0 Å². The summed E-state index contributed by atoms with van der Waals surface area (Å²) < 4.78 is 0. The second kappa shape index (κ2) is 2.84. The summed E-state index contributed by atoms with van der Waals surface area (Å²) in [5.41, 5.74) is 1.47. The van der Waals surface area contributed by atoms with Gasteiger partial charge in [-0.05, 0) is 31.6 Å². The summed E-state index contributed by atoms with van der Waals surface area (Å²) in [5.74, 6) is 1.76. The van der Waals surface area contributed by atoms with Gasteiger partial charge >= 0.3 is 0 Å². The molecule has 11 heavy (non-hydrogen) atoms. The van der Waals surface area contributed by atoms with Crippen LogP contribution in [0.5, 0.6) is 0 Å². The van der Waals surface area contributed by atoms with Gasteiger partial charge in [-0.2, -0.15) is 0 Å². The van der Waals surface area contributed by atoms with Crippen molar-refractivity contribution in [2.45, 2.75) is 32.6 Å². The number of fused-ring (bicyclic) bond motifs is 1. The molecule has 2 atom stereocenters. The second-order valence-electron chi connectivity index (χ2n) is 3.88. The summed E-state index contributed by atoms with van der Waals surface area (Å²) in [5, 5.41) is 0. The highest BCUT2D eigenvalue weighted by Crippen LogP contribution is 2.35. The third kappa shape index (κ3) is 1.40. The van der Waals surface area contributed by atoms with Crippen LogP contribution in [0.1, 0.15) is 32.6 Å². The molecule has 60 valence electrons. The Morgan fingerprint density at radius 2 is 1.91 bits per heavy atom. The Morgan fingerprint density at radius 3 is 2.73 bits per heavy atom. The van der Waals surface area contributed by atoms with Crippen molar-refractivity contribution >= 4 is 0 Å². The molecular formula is C11H16. The second-order valence-corrected chi connectivity index (χ2v) is 3.88. The zero-order valence-corrected chi connectivity index (χ0v) is 7.22. The summed E-state index contributed by atoms with van der Waals surface area (Å²) in [6.45, 7) is 2.21. The van der Waals surface area contributed by atoms with Crippen LogP contribution in [0.2, 0.25) is 0 Å². The van der Waals surface area contributed by atoms with Crippen molar-refractivity contribution in [2.24, 2.45) is 11.8 Å². The van der Waals surface area contributed by atoms with Crippen molar-refractivity contribution in [3.63, 3.8) is 0 Å². The highest BCUT2D eigenvalue weighted by molar-refractivity contribution is 5.23. The van der Waals surface area contributed by atoms with Gasteiger partial charge in [-0.25, -0.2) is 0 Å². The molecule has 0 heterocycles. The molecule has 0 aromatic heterocycles. The number of allylic oxidation sites excluding steroid dienone is 4. The van der Waals surface area contributed by atoms with Crippen LogP contribution >= 0.6 is 0 Å². The van der Waals surface area contributed by atoms with E-state index in [1.165, 1.54) is 31.3 Å². The molecule has 0 amide bonds. The fraction of sp³-hybridized carbons (Fsp3) is 0.636. The molecule has 0 saturated heterocycles. The van der Waals surface area contributed by atoms with Gasteiger partial charge in [-0.3, -0.25) is 0 Å². The van der Waals surface area contributed by atoms with Gasteiger partial charge in [-0.15, -0.1) is 0 Å². The zero-order chi connectivity index (χ0) is 7.68. The molecule has 0 nitrogen and oxygen atoms in total. The van der Waals surface area contributed by atoms with Crippen LogP contribution in [-0.2, 0) is 0 Å². The maximum Gasteiger partial charge on any atom is -0.0165 e. The Kier molecular flexibility index (Phi) is 1.85. The van der Waals surface area contributed by atoms with E-state index in [9.17, 15) is 0 Å². The van der Waals surface area contributed by atoms with E-state index in [0.717, 1.165) is 11.8 Å². The Morgan fingerprint density at radius 1 is 1.18 bits per heavy atom. The fourth-order valence-electron chi connectivity index (χ4n) is 2.30. The average molecular weight is 148 g/mol. The summed E-state index contributed by atoms with van der Waals surface area (Å²) in [6, 6.07) is 0. The van der Waals surface area contributed by atoms with E-state index < -0.39 is 0 Å². The molecule has 0 bridgehead atoms. The van der Waals surface area contributed by atoms with Crippen LogP contribution in [0.15, 0.2) is 23.8 Å². The first-order chi connectivity index (χ1) is 5.36. The monoisotopic (exact) mass is 148 g/mol. The zero-order valence-electron chi connectivity index (χ0n) is 7.22. The van der Waals surface area contributed by atoms with E-state index in [1.54, 1.807) is 0 Å². The average Bonchev–Trinajstić information content (AvgIpc) is 2.04. The summed E-state index contributed by atoms with van der Waals surface area (Å²) in [4.78, 5) is 0. The van der Waals surface area contributed by atoms with Crippen molar-refractivity contribution in [3.8, 4) is 0 Å². The number of hydrogen-bond acceptors (Lipinski definition) is 0. The van der Waals surface area contributed by atoms with Gasteiger partial charge in [0, 0.05) is 0 Å². The Hall–Kier alpha value is -0.520. The SMILES string of the molecule is CC1=CC2CCCCC2C=C1. The number of rotatable bonds is 0. The van der Waals surface area contributed by atoms with E-state index in [1.807, 2.05) is 0 Å². The first-order valence-corrected chi connectivity index (χ1v) is 4.73. The lowest BCUT2D eigenvalue weighted by molar-refractivity contribution is 0.333. The van der Waals surface area contributed by atoms with Gasteiger partial charge in [0.05, 0.1) is 0 Å². The molecule has 1 saturated carbocycles. The predicted molar refractivity (Wildman–Crippen MR) is 48.3 cm³/mol. The van der Waals surface area contributed by atoms with Crippen molar-refractivity contribution in [1.82, 2.24) is 0 Å². The standard InChI is InChI=1S/C11H16/c1-9-6-7-10-4-2-3-5-11(10)8-9/h6-8,10-11H,2-5H2,1H3. The lowest BCUT2D eigenvalue weighted by Crippen LogP contribution is -2.17. The molecule has 0 spiro atoms. The molecule has 2 aliphatic carbocycles. The Labute approximate surface area is 69.0 Å². The minimum Gasteiger partial charge on any atom is -0.0806 e. The highest BCUT2D eigenvalue weighted by Gasteiger charge is 2.22. The Bertz CT molecular complexity index is 198. The third-order valence-electron chi connectivity index (χ3n) is 2.96. The van der Waals surface area contributed by atoms with Crippen molar-refractivity contribution < 1.29 is 0 Å². The predicted octanol–water partition coefficient (Wildman–Crippen LogP) is 3.31. The molecule has 2 aliphatic rings. The molecule has 2 rings (SSSR count). The van der Waals surface area contributed by atoms with Gasteiger partial charge in [0.2, 0.25) is 0 Å². The molecule has 0 radical (unpaired) electrons. The summed E-state index contributed by atoms with van der Waals surface area (Å²) in [6.07, 6.45) is 12.9. The smallest absolute Gasteiger partial charge is 0.0165 e. The van der Waals surface area contributed by atoms with E-state index in [-0.39, 0.29) is 0 Å². The number of hydrogen-bond donors (Lipinski definition) is 0. The maximum atomic E-state index is 2.46. The van der Waals surface area contributed by atoms with E-state index in [0.29, 0.717) is 0 Å². The summed E-state index contributed by atoms with van der Waals surface area (Å²) in [7, 11) is 0.